The van der Waals surface area contributed by atoms with Gasteiger partial charge in [-0.15, -0.1) is 0 Å². The molecule has 1 saturated heterocycles. The molecule has 1 fully saturated rings. The Morgan fingerprint density at radius 1 is 1.24 bits per heavy atom. The smallest absolute Gasteiger partial charge is 0.127 e. The quantitative estimate of drug-likeness (QED) is 0.773. The molecule has 0 aliphatic carbocycles. The molecular formula is C17H27NO3. The minimum Gasteiger partial charge on any atom is -0.497 e. The Labute approximate surface area is 128 Å². The van der Waals surface area contributed by atoms with Crippen LogP contribution in [0.25, 0.3) is 0 Å². The molecule has 0 spiro atoms. The molecule has 1 aromatic rings. The number of ether oxygens (including phenoxy) is 3. The molecule has 0 unspecified atom stereocenters. The van der Waals surface area contributed by atoms with Crippen LogP contribution in [0.15, 0.2) is 18.2 Å². The Hall–Kier alpha value is -1.26. The molecule has 0 bridgehead atoms. The van der Waals surface area contributed by atoms with Gasteiger partial charge in [-0.1, -0.05) is 13.0 Å². The molecule has 4 heteroatoms. The van der Waals surface area contributed by atoms with Crippen LogP contribution in [0.5, 0.6) is 11.5 Å². The molecule has 0 amide bonds. The summed E-state index contributed by atoms with van der Waals surface area (Å²) >= 11 is 0. The summed E-state index contributed by atoms with van der Waals surface area (Å²) in [4.78, 5) is 2.45. The average molecular weight is 293 g/mol. The SMILES string of the molecule is CCCO[C@H]1CCCN(Cc2ccc(OC)cc2OC)C1. The van der Waals surface area contributed by atoms with Gasteiger partial charge in [0.25, 0.3) is 0 Å². The molecular weight excluding hydrogens is 266 g/mol. The van der Waals surface area contributed by atoms with Gasteiger partial charge in [0, 0.05) is 31.3 Å². The zero-order valence-electron chi connectivity index (χ0n) is 13.4. The minimum absolute atomic E-state index is 0.378. The summed E-state index contributed by atoms with van der Waals surface area (Å²) in [5.41, 5.74) is 1.20. The number of likely N-dealkylation sites (tertiary alicyclic amines) is 1. The normalized spacial score (nSPS) is 19.5. The predicted molar refractivity (Wildman–Crippen MR) is 84.1 cm³/mol. The van der Waals surface area contributed by atoms with Crippen molar-refractivity contribution in [2.24, 2.45) is 0 Å². The van der Waals surface area contributed by atoms with Crippen LogP contribution in [-0.4, -0.2) is 44.9 Å². The Bertz CT molecular complexity index is 436. The van der Waals surface area contributed by atoms with Gasteiger partial charge < -0.3 is 14.2 Å². The second kappa shape index (κ2) is 8.25. The van der Waals surface area contributed by atoms with Crippen molar-refractivity contribution in [3.05, 3.63) is 23.8 Å². The summed E-state index contributed by atoms with van der Waals surface area (Å²) in [5.74, 6) is 1.73. The summed E-state index contributed by atoms with van der Waals surface area (Å²) < 4.78 is 16.6. The topological polar surface area (TPSA) is 30.9 Å². The third-order valence-electron chi connectivity index (χ3n) is 3.91. The Kier molecular flexibility index (Phi) is 6.33. The van der Waals surface area contributed by atoms with Crippen molar-refractivity contribution in [1.29, 1.82) is 0 Å². The third-order valence-corrected chi connectivity index (χ3v) is 3.91. The maximum Gasteiger partial charge on any atom is 0.127 e. The highest BCUT2D eigenvalue weighted by atomic mass is 16.5. The molecule has 0 radical (unpaired) electrons. The Morgan fingerprint density at radius 3 is 2.81 bits per heavy atom. The summed E-state index contributed by atoms with van der Waals surface area (Å²) in [6.45, 7) is 6.06. The van der Waals surface area contributed by atoms with Crippen LogP contribution < -0.4 is 9.47 Å². The van der Waals surface area contributed by atoms with Crippen LogP contribution in [0, 0.1) is 0 Å². The minimum atomic E-state index is 0.378. The lowest BCUT2D eigenvalue weighted by atomic mass is 10.1. The molecule has 0 saturated carbocycles. The molecule has 1 atom stereocenters. The first-order chi connectivity index (χ1) is 10.3. The van der Waals surface area contributed by atoms with E-state index in [4.69, 9.17) is 14.2 Å². The largest absolute Gasteiger partial charge is 0.497 e. The van der Waals surface area contributed by atoms with Crippen LogP contribution >= 0.6 is 0 Å². The number of hydrogen-bond donors (Lipinski definition) is 0. The van der Waals surface area contributed by atoms with Crippen LogP contribution in [-0.2, 0) is 11.3 Å². The lowest BCUT2D eigenvalue weighted by molar-refractivity contribution is -0.00238. The van der Waals surface area contributed by atoms with Gasteiger partial charge in [0.1, 0.15) is 11.5 Å². The lowest BCUT2D eigenvalue weighted by Gasteiger charge is -2.33. The van der Waals surface area contributed by atoms with E-state index in [2.05, 4.69) is 17.9 Å². The molecule has 1 aromatic carbocycles. The van der Waals surface area contributed by atoms with Crippen LogP contribution in [0.3, 0.4) is 0 Å². The van der Waals surface area contributed by atoms with E-state index >= 15 is 0 Å². The van der Waals surface area contributed by atoms with E-state index in [9.17, 15) is 0 Å². The standard InChI is InChI=1S/C17H27NO3/c1-4-10-21-16-6-5-9-18(13-16)12-14-7-8-15(19-2)11-17(14)20-3/h7-8,11,16H,4-6,9-10,12-13H2,1-3H3/t16-/m0/s1. The van der Waals surface area contributed by atoms with Crippen molar-refractivity contribution in [2.75, 3.05) is 33.9 Å². The van der Waals surface area contributed by atoms with Gasteiger partial charge in [0.05, 0.1) is 20.3 Å². The summed E-state index contributed by atoms with van der Waals surface area (Å²) in [7, 11) is 3.39. The Morgan fingerprint density at radius 2 is 2.10 bits per heavy atom. The molecule has 118 valence electrons. The highest BCUT2D eigenvalue weighted by molar-refractivity contribution is 5.40. The van der Waals surface area contributed by atoms with Crippen LogP contribution in [0.4, 0.5) is 0 Å². The molecule has 1 aliphatic heterocycles. The molecule has 2 rings (SSSR count). The lowest BCUT2D eigenvalue weighted by Crippen LogP contribution is -2.39. The fraction of sp³-hybridized carbons (Fsp3) is 0.647. The number of benzene rings is 1. The van der Waals surface area contributed by atoms with Crippen LogP contribution in [0.1, 0.15) is 31.7 Å². The van der Waals surface area contributed by atoms with Crippen molar-refractivity contribution in [3.8, 4) is 11.5 Å². The van der Waals surface area contributed by atoms with Gasteiger partial charge in [-0.25, -0.2) is 0 Å². The van der Waals surface area contributed by atoms with E-state index in [1.54, 1.807) is 14.2 Å². The monoisotopic (exact) mass is 293 g/mol. The van der Waals surface area contributed by atoms with Crippen molar-refractivity contribution in [1.82, 2.24) is 4.90 Å². The van der Waals surface area contributed by atoms with Crippen molar-refractivity contribution in [3.63, 3.8) is 0 Å². The van der Waals surface area contributed by atoms with Gasteiger partial charge >= 0.3 is 0 Å². The summed E-state index contributed by atoms with van der Waals surface area (Å²) in [5, 5.41) is 0. The molecule has 0 N–H and O–H groups in total. The molecule has 0 aromatic heterocycles. The number of hydrogen-bond acceptors (Lipinski definition) is 4. The van der Waals surface area contributed by atoms with Crippen LogP contribution in [0.2, 0.25) is 0 Å². The van der Waals surface area contributed by atoms with Gasteiger partial charge in [0.2, 0.25) is 0 Å². The van der Waals surface area contributed by atoms with E-state index in [1.165, 1.54) is 18.4 Å². The van der Waals surface area contributed by atoms with E-state index in [1.807, 2.05) is 12.1 Å². The number of rotatable bonds is 7. The highest BCUT2D eigenvalue weighted by Gasteiger charge is 2.21. The third kappa shape index (κ3) is 4.61. The number of nitrogens with zero attached hydrogens (tertiary/aromatic N) is 1. The highest BCUT2D eigenvalue weighted by Crippen LogP contribution is 2.27. The first kappa shape index (κ1) is 16.1. The number of piperidine rings is 1. The van der Waals surface area contributed by atoms with E-state index in [-0.39, 0.29) is 0 Å². The van der Waals surface area contributed by atoms with Gasteiger partial charge in [-0.3, -0.25) is 4.90 Å². The van der Waals surface area contributed by atoms with Crippen molar-refractivity contribution < 1.29 is 14.2 Å². The zero-order chi connectivity index (χ0) is 15.1. The summed E-state index contributed by atoms with van der Waals surface area (Å²) in [6.07, 6.45) is 3.84. The molecule has 21 heavy (non-hydrogen) atoms. The first-order valence-corrected chi connectivity index (χ1v) is 7.81. The van der Waals surface area contributed by atoms with Crippen molar-refractivity contribution >= 4 is 0 Å². The summed E-state index contributed by atoms with van der Waals surface area (Å²) in [6, 6.07) is 6.03. The predicted octanol–water partition coefficient (Wildman–Crippen LogP) is 3.09. The van der Waals surface area contributed by atoms with E-state index < -0.39 is 0 Å². The second-order valence-corrected chi connectivity index (χ2v) is 5.55. The first-order valence-electron chi connectivity index (χ1n) is 7.81. The maximum absolute atomic E-state index is 5.90. The molecule has 1 aliphatic rings. The Balaban J connectivity index is 1.97. The zero-order valence-corrected chi connectivity index (χ0v) is 13.4. The molecule has 4 nitrogen and oxygen atoms in total. The fourth-order valence-corrected chi connectivity index (χ4v) is 2.80. The van der Waals surface area contributed by atoms with E-state index in [0.29, 0.717) is 6.10 Å². The second-order valence-electron chi connectivity index (χ2n) is 5.55. The van der Waals surface area contributed by atoms with Gasteiger partial charge in [-0.2, -0.15) is 0 Å². The average Bonchev–Trinajstić information content (AvgIpc) is 2.53. The molecule has 1 heterocycles. The maximum atomic E-state index is 5.90. The number of methoxy groups -OCH3 is 2. The van der Waals surface area contributed by atoms with Gasteiger partial charge in [0.15, 0.2) is 0 Å². The van der Waals surface area contributed by atoms with E-state index in [0.717, 1.165) is 44.2 Å². The van der Waals surface area contributed by atoms with Crippen molar-refractivity contribution in [2.45, 2.75) is 38.8 Å². The van der Waals surface area contributed by atoms with Gasteiger partial charge in [-0.05, 0) is 31.9 Å². The fourth-order valence-electron chi connectivity index (χ4n) is 2.80.